The minimum Gasteiger partial charge on any atom is -0.756 e. The molecule has 10 heteroatoms. The standard InChI is InChI=1S/C84H142NO8P/c1-6-8-10-12-14-16-18-20-22-24-26-28-30-32-34-36-38-39-40-41-42-43-44-45-47-49-51-53-55-57-59-61-63-65-67-69-71-73-75-77-84(87)93-82(81-92-94(88,89)91-79-78-85(3,4)5)80-90-83(86)76-74-72-70-68-66-64-62-60-58-56-54-52-50-48-46-37-35-33-31-29-27-25-23-21-19-17-15-13-11-9-7-2/h8,10,14,16,19-22,25-28,32,34,38-39,41-42,44-45,49,51,55,57,61,63,82H,6-7,9,11-13,15,17-18,23-24,29-31,33,35-37,40,43,46-48,50,52-54,56,58-60,62,64-81H2,1-5H3/b10-8-,16-14-,21-19-,22-20-,27-25-,28-26-,34-32-,39-38-,42-41-,45-44-,51-49-,57-55-,63-61-. The fourth-order valence-corrected chi connectivity index (χ4v) is 11.0. The van der Waals surface area contributed by atoms with Crippen molar-refractivity contribution < 1.29 is 42.1 Å². The molecule has 0 rings (SSSR count). The lowest BCUT2D eigenvalue weighted by molar-refractivity contribution is -0.870. The van der Waals surface area contributed by atoms with Gasteiger partial charge in [-0.15, -0.1) is 0 Å². The molecule has 0 amide bonds. The predicted molar refractivity (Wildman–Crippen MR) is 406 cm³/mol. The van der Waals surface area contributed by atoms with Gasteiger partial charge in [-0.2, -0.15) is 0 Å². The van der Waals surface area contributed by atoms with E-state index in [9.17, 15) is 19.0 Å². The zero-order chi connectivity index (χ0) is 68.3. The number of esters is 2. The number of quaternary nitrogens is 1. The lowest BCUT2D eigenvalue weighted by Gasteiger charge is -2.28. The summed E-state index contributed by atoms with van der Waals surface area (Å²) in [6, 6.07) is 0. The number of carbonyl (C=O) groups is 2. The molecular formula is C84H142NO8P. The van der Waals surface area contributed by atoms with Crippen molar-refractivity contribution in [2.45, 2.75) is 315 Å². The molecule has 0 aromatic heterocycles. The Balaban J connectivity index is 4.11. The quantitative estimate of drug-likeness (QED) is 0.0195. The maximum Gasteiger partial charge on any atom is 0.306 e. The van der Waals surface area contributed by atoms with Gasteiger partial charge in [-0.25, -0.2) is 0 Å². The fourth-order valence-electron chi connectivity index (χ4n) is 10.2. The minimum absolute atomic E-state index is 0.0417. The Hall–Kier alpha value is -4.37. The van der Waals surface area contributed by atoms with E-state index in [1.165, 1.54) is 148 Å². The van der Waals surface area contributed by atoms with Crippen LogP contribution in [0.15, 0.2) is 158 Å². The van der Waals surface area contributed by atoms with Gasteiger partial charge in [0, 0.05) is 12.8 Å². The average Bonchev–Trinajstić information content (AvgIpc) is 1.56. The third kappa shape index (κ3) is 76.6. The normalized spacial score (nSPS) is 14.0. The van der Waals surface area contributed by atoms with E-state index in [0.717, 1.165) is 128 Å². The number of unbranched alkanes of at least 4 members (excludes halogenated alkanes) is 29. The van der Waals surface area contributed by atoms with E-state index >= 15 is 0 Å². The molecule has 94 heavy (non-hydrogen) atoms. The molecule has 0 aliphatic carbocycles. The highest BCUT2D eigenvalue weighted by molar-refractivity contribution is 7.45. The largest absolute Gasteiger partial charge is 0.756 e. The molecule has 0 saturated heterocycles. The van der Waals surface area contributed by atoms with Crippen molar-refractivity contribution in [1.29, 1.82) is 0 Å². The van der Waals surface area contributed by atoms with Gasteiger partial charge in [0.15, 0.2) is 6.10 Å². The Labute approximate surface area is 579 Å². The summed E-state index contributed by atoms with van der Waals surface area (Å²) in [5.74, 6) is -0.856. The van der Waals surface area contributed by atoms with Crippen LogP contribution in [0.2, 0.25) is 0 Å². The van der Waals surface area contributed by atoms with Crippen LogP contribution in [-0.2, 0) is 32.7 Å². The molecule has 0 aliphatic rings. The molecule has 0 saturated carbocycles. The summed E-state index contributed by atoms with van der Waals surface area (Å²) < 4.78 is 34.3. The van der Waals surface area contributed by atoms with Gasteiger partial charge < -0.3 is 27.9 Å². The van der Waals surface area contributed by atoms with Gasteiger partial charge in [0.1, 0.15) is 19.8 Å². The van der Waals surface area contributed by atoms with Gasteiger partial charge >= 0.3 is 11.9 Å². The number of nitrogens with zero attached hydrogens (tertiary/aromatic N) is 1. The zero-order valence-corrected chi connectivity index (χ0v) is 62.0. The first-order chi connectivity index (χ1) is 46.0. The van der Waals surface area contributed by atoms with Crippen LogP contribution >= 0.6 is 7.82 Å². The van der Waals surface area contributed by atoms with E-state index in [1.54, 1.807) is 0 Å². The minimum atomic E-state index is -4.66. The van der Waals surface area contributed by atoms with Crippen molar-refractivity contribution in [1.82, 2.24) is 0 Å². The summed E-state index contributed by atoms with van der Waals surface area (Å²) in [6.45, 7) is 4.10. The van der Waals surface area contributed by atoms with E-state index in [-0.39, 0.29) is 32.0 Å². The number of carbonyl (C=O) groups excluding carboxylic acids is 2. The van der Waals surface area contributed by atoms with Crippen LogP contribution in [0.4, 0.5) is 0 Å². The lowest BCUT2D eigenvalue weighted by Crippen LogP contribution is -2.37. The van der Waals surface area contributed by atoms with Crippen LogP contribution in [0.5, 0.6) is 0 Å². The molecule has 0 fully saturated rings. The van der Waals surface area contributed by atoms with Crippen LogP contribution in [0.3, 0.4) is 0 Å². The summed E-state index contributed by atoms with van der Waals surface area (Å²) >= 11 is 0. The van der Waals surface area contributed by atoms with Crippen molar-refractivity contribution >= 4 is 19.8 Å². The monoisotopic (exact) mass is 1320 g/mol. The Morgan fingerprint density at radius 3 is 0.904 bits per heavy atom. The first-order valence-corrected chi connectivity index (χ1v) is 39.7. The van der Waals surface area contributed by atoms with E-state index in [4.69, 9.17) is 18.5 Å². The first-order valence-electron chi connectivity index (χ1n) is 38.2. The van der Waals surface area contributed by atoms with Crippen LogP contribution in [0.25, 0.3) is 0 Å². The second-order valence-corrected chi connectivity index (χ2v) is 27.7. The molecular weight excluding hydrogens is 1180 g/mol. The van der Waals surface area contributed by atoms with Crippen molar-refractivity contribution in [3.63, 3.8) is 0 Å². The van der Waals surface area contributed by atoms with Crippen LogP contribution in [0.1, 0.15) is 309 Å². The molecule has 0 heterocycles. The number of hydrogen-bond donors (Lipinski definition) is 0. The maximum atomic E-state index is 12.9. The Bertz CT molecular complexity index is 2150. The number of phosphoric ester groups is 1. The zero-order valence-electron chi connectivity index (χ0n) is 61.1. The third-order valence-corrected chi connectivity index (χ3v) is 17.0. The van der Waals surface area contributed by atoms with E-state index in [1.807, 2.05) is 21.1 Å². The summed E-state index contributed by atoms with van der Waals surface area (Å²) in [6.07, 6.45) is 109. The molecule has 0 radical (unpaired) electrons. The highest BCUT2D eigenvalue weighted by atomic mass is 31.2. The molecule has 0 N–H and O–H groups in total. The predicted octanol–water partition coefficient (Wildman–Crippen LogP) is 24.9. The third-order valence-electron chi connectivity index (χ3n) is 16.0. The Kier molecular flexibility index (Phi) is 69.5. The second kappa shape index (κ2) is 72.9. The molecule has 0 bridgehead atoms. The number of allylic oxidation sites excluding steroid dienone is 26. The van der Waals surface area contributed by atoms with Gasteiger partial charge in [0.25, 0.3) is 7.82 Å². The SMILES string of the molecule is CC/C=C\C/C=C\C/C=C\C/C=C\C/C=C\C/C=C\C/C=C\C/C=C\C/C=C\C/C=C\C/C=C\CCCCCCCC(=O)OC(COC(=O)CCCCCCCCCCCCCCCCCCCCC/C=C\C/C=C\CCCCCCC)COP(=O)([O-])OCC[N+](C)(C)C. The molecule has 536 valence electrons. The number of ether oxygens (including phenoxy) is 2. The van der Waals surface area contributed by atoms with E-state index in [2.05, 4.69) is 172 Å². The summed E-state index contributed by atoms with van der Waals surface area (Å²) in [4.78, 5) is 38.1. The highest BCUT2D eigenvalue weighted by Crippen LogP contribution is 2.38. The van der Waals surface area contributed by atoms with Gasteiger partial charge in [0.2, 0.25) is 0 Å². The van der Waals surface area contributed by atoms with Gasteiger partial charge in [0.05, 0.1) is 27.7 Å². The van der Waals surface area contributed by atoms with Gasteiger partial charge in [-0.3, -0.25) is 14.2 Å². The first kappa shape index (κ1) is 89.6. The van der Waals surface area contributed by atoms with Crippen molar-refractivity contribution in [2.75, 3.05) is 47.5 Å². The van der Waals surface area contributed by atoms with E-state index < -0.39 is 26.5 Å². The number of likely N-dealkylation sites (N-methyl/N-ethyl adjacent to an activating group) is 1. The van der Waals surface area contributed by atoms with Crippen LogP contribution in [0, 0.1) is 0 Å². The summed E-state index contributed by atoms with van der Waals surface area (Å²) in [5, 5.41) is 0. The summed E-state index contributed by atoms with van der Waals surface area (Å²) in [5.41, 5.74) is 0. The van der Waals surface area contributed by atoms with Gasteiger partial charge in [-0.1, -0.05) is 326 Å². The second-order valence-electron chi connectivity index (χ2n) is 26.3. The van der Waals surface area contributed by atoms with Gasteiger partial charge in [-0.05, 0) is 128 Å². The molecule has 2 atom stereocenters. The van der Waals surface area contributed by atoms with Crippen LogP contribution in [-0.4, -0.2) is 70.0 Å². The average molecular weight is 1330 g/mol. The van der Waals surface area contributed by atoms with E-state index in [0.29, 0.717) is 17.4 Å². The van der Waals surface area contributed by atoms with Crippen LogP contribution < -0.4 is 4.89 Å². The number of hydrogen-bond acceptors (Lipinski definition) is 8. The smallest absolute Gasteiger partial charge is 0.306 e. The maximum absolute atomic E-state index is 12.9. The molecule has 9 nitrogen and oxygen atoms in total. The molecule has 0 aromatic carbocycles. The molecule has 2 unspecified atom stereocenters. The van der Waals surface area contributed by atoms with Crippen molar-refractivity contribution in [2.24, 2.45) is 0 Å². The highest BCUT2D eigenvalue weighted by Gasteiger charge is 2.22. The van der Waals surface area contributed by atoms with Crippen molar-refractivity contribution in [3.05, 3.63) is 158 Å². The summed E-state index contributed by atoms with van der Waals surface area (Å²) in [7, 11) is 1.14. The lowest BCUT2D eigenvalue weighted by atomic mass is 10.0. The topological polar surface area (TPSA) is 111 Å². The molecule has 0 aliphatic heterocycles. The number of rotatable bonds is 69. The Morgan fingerprint density at radius 2 is 0.606 bits per heavy atom. The fraction of sp³-hybridized carbons (Fsp3) is 0.667. The molecule has 0 spiro atoms. The van der Waals surface area contributed by atoms with Crippen molar-refractivity contribution in [3.8, 4) is 0 Å². The molecule has 0 aromatic rings. The Morgan fingerprint density at radius 1 is 0.340 bits per heavy atom. The number of phosphoric acid groups is 1.